The smallest absolute Gasteiger partial charge is 0.199 e. The summed E-state index contributed by atoms with van der Waals surface area (Å²) in [5, 5.41) is 0. The van der Waals surface area contributed by atoms with Crippen LogP contribution in [-0.2, 0) is 0 Å². The van der Waals surface area contributed by atoms with Crippen molar-refractivity contribution in [2.45, 2.75) is 0 Å². The fourth-order valence-corrected chi connectivity index (χ4v) is 4.23. The maximum atomic E-state index is 8.49. The third kappa shape index (κ3) is 7.17. The Morgan fingerprint density at radius 3 is 1.69 bits per heavy atom. The highest BCUT2D eigenvalue weighted by Gasteiger charge is 2.16. The average molecular weight is 468 g/mol. The largest absolute Gasteiger partial charge is 0.235 e. The molecule has 7 heteroatoms. The van der Waals surface area contributed by atoms with E-state index in [4.69, 9.17) is 18.6 Å². The lowest BCUT2D eigenvalue weighted by Crippen LogP contribution is -2.68. The lowest BCUT2D eigenvalue weighted by atomic mass is 10.0. The van der Waals surface area contributed by atoms with Crippen LogP contribution in [0.5, 0.6) is 0 Å². The highest BCUT2D eigenvalue weighted by molar-refractivity contribution is 8.12. The normalized spacial score (nSPS) is 15.6. The summed E-state index contributed by atoms with van der Waals surface area (Å²) in [6.45, 7) is 0. The van der Waals surface area contributed by atoms with Crippen LogP contribution in [0, 0.1) is 10.2 Å². The Kier molecular flexibility index (Phi) is 8.04. The molecule has 0 saturated heterocycles. The van der Waals surface area contributed by atoms with E-state index in [1.165, 1.54) is 37.8 Å². The number of rotatable bonds is 2. The molecule has 2 aromatic carbocycles. The van der Waals surface area contributed by atoms with Gasteiger partial charge in [0.2, 0.25) is 0 Å². The van der Waals surface area contributed by atoms with Gasteiger partial charge in [-0.1, -0.05) is 72.4 Å². The molecule has 164 valence electrons. The average Bonchev–Trinajstić information content (AvgIpc) is 2.79. The number of benzene rings is 2. The SMILES string of the molecule is C[N+](C)=C1C=CC(=C2C=C(c3ccccc3)C=C(c3ccccc3)S2)C=C1.[O-][Cl+3]([O-])([O-])[O-]. The van der Waals surface area contributed by atoms with Crippen molar-refractivity contribution in [1.29, 1.82) is 0 Å². The zero-order valence-electron chi connectivity index (χ0n) is 17.6. The number of hydrogen-bond acceptors (Lipinski definition) is 5. The lowest BCUT2D eigenvalue weighted by Gasteiger charge is -2.18. The Labute approximate surface area is 194 Å². The zero-order valence-corrected chi connectivity index (χ0v) is 19.2. The first kappa shape index (κ1) is 23.9. The molecule has 0 spiro atoms. The van der Waals surface area contributed by atoms with Crippen LogP contribution in [0.2, 0.25) is 0 Å². The van der Waals surface area contributed by atoms with E-state index in [2.05, 4.69) is 116 Å². The maximum Gasteiger partial charge on any atom is 0.199 e. The summed E-state index contributed by atoms with van der Waals surface area (Å²) < 4.78 is 36.1. The molecule has 2 aliphatic rings. The van der Waals surface area contributed by atoms with Crippen molar-refractivity contribution in [1.82, 2.24) is 0 Å². The lowest BCUT2D eigenvalue weighted by molar-refractivity contribution is -2.00. The van der Waals surface area contributed by atoms with Crippen LogP contribution in [0.3, 0.4) is 0 Å². The summed E-state index contributed by atoms with van der Waals surface area (Å²) >= 11 is 1.84. The molecule has 0 N–H and O–H groups in total. The van der Waals surface area contributed by atoms with Gasteiger partial charge in [0.15, 0.2) is 5.71 Å². The monoisotopic (exact) mass is 467 g/mol. The van der Waals surface area contributed by atoms with Crippen LogP contribution < -0.4 is 18.6 Å². The molecule has 1 heterocycles. The summed E-state index contributed by atoms with van der Waals surface area (Å²) in [5.74, 6) is 0. The van der Waals surface area contributed by atoms with Gasteiger partial charge in [0.1, 0.15) is 14.1 Å². The van der Waals surface area contributed by atoms with Gasteiger partial charge in [-0.15, -0.1) is 10.2 Å². The van der Waals surface area contributed by atoms with E-state index in [0.717, 1.165) is 0 Å². The van der Waals surface area contributed by atoms with Crippen molar-refractivity contribution >= 4 is 28.0 Å². The van der Waals surface area contributed by atoms with Crippen molar-refractivity contribution in [3.8, 4) is 0 Å². The fourth-order valence-electron chi connectivity index (χ4n) is 3.11. The second-order valence-corrected chi connectivity index (χ2v) is 8.97. The van der Waals surface area contributed by atoms with Gasteiger partial charge < -0.3 is 0 Å². The van der Waals surface area contributed by atoms with Crippen molar-refractivity contribution in [2.24, 2.45) is 0 Å². The van der Waals surface area contributed by atoms with Crippen LogP contribution >= 0.6 is 11.8 Å². The number of halogens is 1. The van der Waals surface area contributed by atoms with E-state index in [9.17, 15) is 0 Å². The van der Waals surface area contributed by atoms with Crippen molar-refractivity contribution in [3.63, 3.8) is 0 Å². The van der Waals surface area contributed by atoms with Crippen LogP contribution in [0.15, 0.2) is 108 Å². The molecule has 0 atom stereocenters. The van der Waals surface area contributed by atoms with E-state index >= 15 is 0 Å². The van der Waals surface area contributed by atoms with Gasteiger partial charge in [-0.2, -0.15) is 0 Å². The first-order valence-corrected chi connectivity index (χ1v) is 11.7. The third-order valence-electron chi connectivity index (χ3n) is 4.63. The quantitative estimate of drug-likeness (QED) is 0.618. The van der Waals surface area contributed by atoms with E-state index < -0.39 is 10.2 Å². The first-order chi connectivity index (χ1) is 15.2. The van der Waals surface area contributed by atoms with E-state index in [1.807, 2.05) is 11.8 Å². The van der Waals surface area contributed by atoms with Crippen LogP contribution in [0.1, 0.15) is 11.1 Å². The molecule has 0 fully saturated rings. The Hall–Kier alpha value is -2.71. The molecule has 5 nitrogen and oxygen atoms in total. The highest BCUT2D eigenvalue weighted by atomic mass is 35.7. The molecule has 0 bridgehead atoms. The molecule has 0 unspecified atom stereocenters. The zero-order chi connectivity index (χ0) is 23.1. The highest BCUT2D eigenvalue weighted by Crippen LogP contribution is 2.43. The van der Waals surface area contributed by atoms with Gasteiger partial charge in [0.25, 0.3) is 0 Å². The Balaban J connectivity index is 0.000000523. The summed E-state index contributed by atoms with van der Waals surface area (Å²) in [6.07, 6.45) is 13.4. The molecule has 1 aliphatic heterocycles. The Morgan fingerprint density at radius 1 is 0.688 bits per heavy atom. The minimum absolute atomic E-state index is 1.21. The molecule has 4 rings (SSSR count). The Bertz CT molecular complexity index is 1110. The summed E-state index contributed by atoms with van der Waals surface area (Å²) in [4.78, 5) is 2.56. The van der Waals surface area contributed by atoms with Gasteiger partial charge in [-0.05, 0) is 46.6 Å². The standard InChI is InChI=1S/C25H22NS.ClHO4/c1-26(2)23-15-13-21(14-16-23)25-18-22(19-9-5-3-6-10-19)17-24(27-25)20-11-7-4-8-12-20;2-1(3,4)5/h3-18H,1-2H3;(H,2,3,4,5)/q+1;/p-1. The molecule has 0 amide bonds. The fraction of sp³-hybridized carbons (Fsp3) is 0.0800. The van der Waals surface area contributed by atoms with Gasteiger partial charge in [0, 0.05) is 22.0 Å². The van der Waals surface area contributed by atoms with Gasteiger partial charge in [0.05, 0.1) is 0 Å². The van der Waals surface area contributed by atoms with Crippen molar-refractivity contribution < 1.29 is 33.5 Å². The predicted octanol–water partition coefficient (Wildman–Crippen LogP) is 1.20. The molecular formula is C25H22ClNO4S. The minimum Gasteiger partial charge on any atom is -0.235 e. The van der Waals surface area contributed by atoms with Gasteiger partial charge in [-0.25, -0.2) is 23.2 Å². The van der Waals surface area contributed by atoms with E-state index in [-0.39, 0.29) is 0 Å². The van der Waals surface area contributed by atoms with Crippen LogP contribution in [0.4, 0.5) is 0 Å². The molecule has 0 saturated carbocycles. The van der Waals surface area contributed by atoms with Crippen molar-refractivity contribution in [2.75, 3.05) is 14.1 Å². The van der Waals surface area contributed by atoms with Gasteiger partial charge in [-0.3, -0.25) is 0 Å². The molecule has 0 aromatic heterocycles. The second-order valence-electron chi connectivity index (χ2n) is 7.13. The third-order valence-corrected chi connectivity index (χ3v) is 5.77. The summed E-state index contributed by atoms with van der Waals surface area (Å²) in [7, 11) is -0.803. The molecule has 32 heavy (non-hydrogen) atoms. The number of allylic oxidation sites excluding steroid dienone is 8. The number of nitrogens with zero attached hydrogens (tertiary/aromatic N) is 1. The summed E-state index contributed by atoms with van der Waals surface area (Å²) in [5.41, 5.74) is 6.21. The molecule has 1 aliphatic carbocycles. The van der Waals surface area contributed by atoms with Crippen LogP contribution in [-0.4, -0.2) is 24.4 Å². The first-order valence-electron chi connectivity index (χ1n) is 9.69. The number of thioether (sulfide) groups is 1. The van der Waals surface area contributed by atoms with Crippen molar-refractivity contribution in [3.05, 3.63) is 119 Å². The molecule has 2 aromatic rings. The minimum atomic E-state index is -4.94. The van der Waals surface area contributed by atoms with E-state index in [1.54, 1.807) is 0 Å². The second kappa shape index (κ2) is 10.7. The molecule has 0 radical (unpaired) electrons. The Morgan fingerprint density at radius 2 is 1.19 bits per heavy atom. The predicted molar refractivity (Wildman–Crippen MR) is 119 cm³/mol. The van der Waals surface area contributed by atoms with E-state index in [0.29, 0.717) is 0 Å². The van der Waals surface area contributed by atoms with Gasteiger partial charge >= 0.3 is 0 Å². The molecular weight excluding hydrogens is 446 g/mol. The summed E-state index contributed by atoms with van der Waals surface area (Å²) in [6, 6.07) is 21.2. The maximum absolute atomic E-state index is 8.49. The number of hydrogen-bond donors (Lipinski definition) is 0. The van der Waals surface area contributed by atoms with Crippen LogP contribution in [0.25, 0.3) is 10.5 Å². The topological polar surface area (TPSA) is 95.2 Å².